The van der Waals surface area contributed by atoms with E-state index in [1.807, 2.05) is 30.3 Å². The molecule has 26 heavy (non-hydrogen) atoms. The van der Waals surface area contributed by atoms with Gasteiger partial charge in [0.2, 0.25) is 0 Å². The fourth-order valence-electron chi connectivity index (χ4n) is 2.40. The molecule has 6 nitrogen and oxygen atoms in total. The lowest BCUT2D eigenvalue weighted by Crippen LogP contribution is -2.51. The summed E-state index contributed by atoms with van der Waals surface area (Å²) in [6, 6.07) is 14.9. The molecule has 0 bridgehead atoms. The molecule has 1 heterocycles. The third-order valence-electron chi connectivity index (χ3n) is 3.68. The number of methoxy groups -OCH3 is 1. The number of amides is 2. The number of carbonyl (C=O) groups excluding carboxylic acids is 2. The molecule has 2 amide bonds. The molecule has 1 aliphatic heterocycles. The smallest absolute Gasteiger partial charge is 0.263 e. The number of thiocarbonyl (C=S) groups is 1. The normalized spacial score (nSPS) is 13.7. The molecule has 1 saturated heterocycles. The number of ether oxygens (including phenoxy) is 2. The van der Waals surface area contributed by atoms with Gasteiger partial charge in [-0.1, -0.05) is 36.4 Å². The van der Waals surface area contributed by atoms with E-state index in [1.165, 1.54) is 6.08 Å². The molecular formula is C19H16N2O4S. The fraction of sp³-hybridized carbons (Fsp3) is 0.105. The Morgan fingerprint density at radius 1 is 1.00 bits per heavy atom. The minimum absolute atomic E-state index is 0.00114. The summed E-state index contributed by atoms with van der Waals surface area (Å²) < 4.78 is 11.2. The number of hydrogen-bond acceptors (Lipinski definition) is 5. The predicted octanol–water partition coefficient (Wildman–Crippen LogP) is 2.19. The molecule has 0 saturated carbocycles. The van der Waals surface area contributed by atoms with Crippen LogP contribution in [0.4, 0.5) is 0 Å². The predicted molar refractivity (Wildman–Crippen MR) is 101 cm³/mol. The van der Waals surface area contributed by atoms with Crippen LogP contribution in [-0.2, 0) is 16.2 Å². The van der Waals surface area contributed by atoms with E-state index in [1.54, 1.807) is 25.3 Å². The van der Waals surface area contributed by atoms with Gasteiger partial charge in [0.15, 0.2) is 16.6 Å². The maximum Gasteiger partial charge on any atom is 0.263 e. The first kappa shape index (κ1) is 17.6. The molecule has 0 aliphatic carbocycles. The van der Waals surface area contributed by atoms with Crippen molar-refractivity contribution in [2.24, 2.45) is 0 Å². The summed E-state index contributed by atoms with van der Waals surface area (Å²) in [5.74, 6) is -0.0118. The standard InChI is InChI=1S/C19H16N2O4S/c1-24-15-8-7-13(9-14-17(22)20-19(26)21-18(14)23)10-16(15)25-11-12-5-3-2-4-6-12/h2-10H,11H2,1H3,(H2,20,21,22,23,26). The molecule has 132 valence electrons. The highest BCUT2D eigenvalue weighted by atomic mass is 32.1. The molecule has 0 spiro atoms. The molecule has 2 N–H and O–H groups in total. The first-order valence-electron chi connectivity index (χ1n) is 7.80. The van der Waals surface area contributed by atoms with Crippen LogP contribution in [-0.4, -0.2) is 24.0 Å². The monoisotopic (exact) mass is 368 g/mol. The highest BCUT2D eigenvalue weighted by Crippen LogP contribution is 2.30. The van der Waals surface area contributed by atoms with Crippen molar-refractivity contribution in [1.29, 1.82) is 0 Å². The van der Waals surface area contributed by atoms with E-state index in [4.69, 9.17) is 21.7 Å². The van der Waals surface area contributed by atoms with Crippen LogP contribution in [0.2, 0.25) is 0 Å². The van der Waals surface area contributed by atoms with Crippen LogP contribution in [0.5, 0.6) is 11.5 Å². The van der Waals surface area contributed by atoms with Gasteiger partial charge in [-0.2, -0.15) is 0 Å². The van der Waals surface area contributed by atoms with Crippen LogP contribution >= 0.6 is 12.2 Å². The number of hydrogen-bond donors (Lipinski definition) is 2. The van der Waals surface area contributed by atoms with E-state index in [9.17, 15) is 9.59 Å². The molecule has 3 rings (SSSR count). The van der Waals surface area contributed by atoms with Gasteiger partial charge in [-0.25, -0.2) is 0 Å². The lowest BCUT2D eigenvalue weighted by atomic mass is 10.1. The zero-order chi connectivity index (χ0) is 18.5. The average Bonchev–Trinajstić information content (AvgIpc) is 2.64. The summed E-state index contributed by atoms with van der Waals surface area (Å²) in [5.41, 5.74) is 1.61. The molecule has 7 heteroatoms. The van der Waals surface area contributed by atoms with Crippen molar-refractivity contribution >= 4 is 35.2 Å². The highest BCUT2D eigenvalue weighted by molar-refractivity contribution is 7.80. The van der Waals surface area contributed by atoms with E-state index in [0.717, 1.165) is 5.56 Å². The van der Waals surface area contributed by atoms with Crippen molar-refractivity contribution in [2.45, 2.75) is 6.61 Å². The Bertz CT molecular complexity index is 872. The molecule has 1 fully saturated rings. The molecule has 0 radical (unpaired) electrons. The molecular weight excluding hydrogens is 352 g/mol. The van der Waals surface area contributed by atoms with Crippen molar-refractivity contribution in [2.75, 3.05) is 7.11 Å². The molecule has 1 aliphatic rings. The Morgan fingerprint density at radius 3 is 2.35 bits per heavy atom. The zero-order valence-corrected chi connectivity index (χ0v) is 14.8. The van der Waals surface area contributed by atoms with Crippen LogP contribution in [0.15, 0.2) is 54.1 Å². The van der Waals surface area contributed by atoms with Gasteiger partial charge in [-0.05, 0) is 41.6 Å². The Morgan fingerprint density at radius 2 is 1.69 bits per heavy atom. The summed E-state index contributed by atoms with van der Waals surface area (Å²) in [5, 5.41) is 4.80. The average molecular weight is 368 g/mol. The van der Waals surface area contributed by atoms with Gasteiger partial charge in [0.1, 0.15) is 12.2 Å². The second kappa shape index (κ2) is 7.79. The SMILES string of the molecule is COc1ccc(C=C2C(=O)NC(=S)NC2=O)cc1OCc1ccccc1. The van der Waals surface area contributed by atoms with Crippen LogP contribution in [0.1, 0.15) is 11.1 Å². The lowest BCUT2D eigenvalue weighted by molar-refractivity contribution is -0.123. The summed E-state index contributed by atoms with van der Waals surface area (Å²) in [6.07, 6.45) is 1.47. The molecule has 0 unspecified atom stereocenters. The second-order valence-electron chi connectivity index (χ2n) is 5.48. The minimum Gasteiger partial charge on any atom is -0.493 e. The zero-order valence-electron chi connectivity index (χ0n) is 13.9. The van der Waals surface area contributed by atoms with Crippen molar-refractivity contribution in [1.82, 2.24) is 10.6 Å². The quantitative estimate of drug-likeness (QED) is 0.481. The van der Waals surface area contributed by atoms with Crippen LogP contribution in [0, 0.1) is 0 Å². The van der Waals surface area contributed by atoms with E-state index in [0.29, 0.717) is 23.7 Å². The Balaban J connectivity index is 1.85. The fourth-order valence-corrected chi connectivity index (χ4v) is 2.59. The Hall–Kier alpha value is -3.19. The highest BCUT2D eigenvalue weighted by Gasteiger charge is 2.25. The van der Waals surface area contributed by atoms with E-state index in [-0.39, 0.29) is 10.7 Å². The lowest BCUT2D eigenvalue weighted by Gasteiger charge is -2.16. The number of rotatable bonds is 5. The largest absolute Gasteiger partial charge is 0.493 e. The van der Waals surface area contributed by atoms with Gasteiger partial charge in [0, 0.05) is 0 Å². The molecule has 2 aromatic carbocycles. The number of carbonyl (C=O) groups is 2. The van der Waals surface area contributed by atoms with Gasteiger partial charge in [0.05, 0.1) is 7.11 Å². The van der Waals surface area contributed by atoms with Gasteiger partial charge in [-0.3, -0.25) is 20.2 Å². The van der Waals surface area contributed by atoms with E-state index >= 15 is 0 Å². The summed E-state index contributed by atoms with van der Waals surface area (Å²) >= 11 is 4.78. The summed E-state index contributed by atoms with van der Waals surface area (Å²) in [4.78, 5) is 23.9. The first-order valence-corrected chi connectivity index (χ1v) is 8.21. The second-order valence-corrected chi connectivity index (χ2v) is 5.89. The van der Waals surface area contributed by atoms with Gasteiger partial charge in [0.25, 0.3) is 11.8 Å². The van der Waals surface area contributed by atoms with Gasteiger partial charge in [-0.15, -0.1) is 0 Å². The Labute approximate surface area is 155 Å². The van der Waals surface area contributed by atoms with E-state index < -0.39 is 11.8 Å². The minimum atomic E-state index is -0.540. The van der Waals surface area contributed by atoms with Crippen molar-refractivity contribution in [3.05, 3.63) is 65.2 Å². The first-order chi connectivity index (χ1) is 12.6. The number of nitrogens with one attached hydrogen (secondary N) is 2. The van der Waals surface area contributed by atoms with E-state index in [2.05, 4.69) is 10.6 Å². The third kappa shape index (κ3) is 4.07. The third-order valence-corrected chi connectivity index (χ3v) is 3.88. The van der Waals surface area contributed by atoms with Crippen LogP contribution < -0.4 is 20.1 Å². The van der Waals surface area contributed by atoms with Gasteiger partial charge >= 0.3 is 0 Å². The topological polar surface area (TPSA) is 76.7 Å². The molecule has 0 atom stereocenters. The van der Waals surface area contributed by atoms with Crippen molar-refractivity contribution in [3.63, 3.8) is 0 Å². The Kier molecular flexibility index (Phi) is 5.28. The maximum absolute atomic E-state index is 12.0. The summed E-state index contributed by atoms with van der Waals surface area (Å²) in [7, 11) is 1.55. The number of benzene rings is 2. The summed E-state index contributed by atoms with van der Waals surface area (Å²) in [6.45, 7) is 0.368. The molecule has 2 aromatic rings. The van der Waals surface area contributed by atoms with Crippen LogP contribution in [0.3, 0.4) is 0 Å². The molecule has 0 aromatic heterocycles. The van der Waals surface area contributed by atoms with Crippen molar-refractivity contribution < 1.29 is 19.1 Å². The van der Waals surface area contributed by atoms with Crippen LogP contribution in [0.25, 0.3) is 6.08 Å². The van der Waals surface area contributed by atoms with Crippen molar-refractivity contribution in [3.8, 4) is 11.5 Å². The van der Waals surface area contributed by atoms with Gasteiger partial charge < -0.3 is 9.47 Å². The maximum atomic E-state index is 12.0.